The van der Waals surface area contributed by atoms with E-state index < -0.39 is 0 Å². The van der Waals surface area contributed by atoms with Gasteiger partial charge in [0.25, 0.3) is 0 Å². The van der Waals surface area contributed by atoms with Gasteiger partial charge in [-0.2, -0.15) is 0 Å². The van der Waals surface area contributed by atoms with Gasteiger partial charge in [-0.1, -0.05) is 12.1 Å². The van der Waals surface area contributed by atoms with E-state index in [-0.39, 0.29) is 5.91 Å². The summed E-state index contributed by atoms with van der Waals surface area (Å²) in [5, 5.41) is 2.52. The quantitative estimate of drug-likeness (QED) is 0.764. The molecule has 1 aromatic carbocycles. The van der Waals surface area contributed by atoms with Crippen molar-refractivity contribution in [1.29, 1.82) is 0 Å². The minimum atomic E-state index is -0.116. The van der Waals surface area contributed by atoms with Gasteiger partial charge in [-0.05, 0) is 30.2 Å². The van der Waals surface area contributed by atoms with Crippen molar-refractivity contribution in [3.05, 3.63) is 35.4 Å². The van der Waals surface area contributed by atoms with Crippen LogP contribution < -0.4 is 10.1 Å². The molecule has 80 valence electrons. The molecule has 0 unspecified atom stereocenters. The molecule has 0 aliphatic heterocycles. The molecule has 0 aliphatic rings. The highest BCUT2D eigenvalue weighted by atomic mass is 16.5. The Bertz CT molecular complexity index is 383. The van der Waals surface area contributed by atoms with Crippen LogP contribution in [0.3, 0.4) is 0 Å². The fraction of sp³-hybridized carbons (Fsp3) is 0.250. The maximum atomic E-state index is 11.0. The average molecular weight is 205 g/mol. The zero-order valence-electron chi connectivity index (χ0n) is 9.20. The molecule has 1 rings (SSSR count). The van der Waals surface area contributed by atoms with Crippen LogP contribution in [0, 0.1) is 6.92 Å². The first-order chi connectivity index (χ1) is 7.17. The predicted octanol–water partition coefficient (Wildman–Crippen LogP) is 1.76. The summed E-state index contributed by atoms with van der Waals surface area (Å²) in [7, 11) is 3.23. The summed E-state index contributed by atoms with van der Waals surface area (Å²) in [6, 6.07) is 5.80. The van der Waals surface area contributed by atoms with E-state index in [2.05, 4.69) is 5.32 Å². The van der Waals surface area contributed by atoms with Gasteiger partial charge in [-0.3, -0.25) is 4.79 Å². The number of methoxy groups -OCH3 is 1. The number of ether oxygens (including phenoxy) is 1. The monoisotopic (exact) mass is 205 g/mol. The summed E-state index contributed by atoms with van der Waals surface area (Å²) < 4.78 is 5.18. The van der Waals surface area contributed by atoms with E-state index in [0.29, 0.717) is 0 Å². The molecule has 0 spiro atoms. The molecule has 1 N–H and O–H groups in total. The number of likely N-dealkylation sites (N-methyl/N-ethyl adjacent to an activating group) is 1. The lowest BCUT2D eigenvalue weighted by Crippen LogP contribution is -2.13. The summed E-state index contributed by atoms with van der Waals surface area (Å²) in [6.07, 6.45) is 3.24. The molecule has 0 bridgehead atoms. The van der Waals surface area contributed by atoms with Crippen LogP contribution in [0.4, 0.5) is 0 Å². The Morgan fingerprint density at radius 1 is 1.47 bits per heavy atom. The number of aryl methyl sites for hydroxylation is 1. The van der Waals surface area contributed by atoms with E-state index in [0.717, 1.165) is 16.9 Å². The zero-order valence-corrected chi connectivity index (χ0v) is 9.20. The van der Waals surface area contributed by atoms with Gasteiger partial charge in [0, 0.05) is 13.1 Å². The van der Waals surface area contributed by atoms with Crippen LogP contribution in [-0.4, -0.2) is 20.1 Å². The highest BCUT2D eigenvalue weighted by molar-refractivity contribution is 5.91. The number of carbonyl (C=O) groups is 1. The van der Waals surface area contributed by atoms with E-state index >= 15 is 0 Å². The predicted molar refractivity (Wildman–Crippen MR) is 60.8 cm³/mol. The second-order valence-corrected chi connectivity index (χ2v) is 3.18. The fourth-order valence-corrected chi connectivity index (χ4v) is 1.20. The number of hydrogen-bond acceptors (Lipinski definition) is 2. The molecule has 0 aliphatic carbocycles. The van der Waals surface area contributed by atoms with Crippen LogP contribution in [0.15, 0.2) is 24.3 Å². The SMILES string of the molecule is CNC(=O)C=Cc1ccc(C)c(OC)c1. The van der Waals surface area contributed by atoms with Crippen molar-refractivity contribution in [3.8, 4) is 5.75 Å². The summed E-state index contributed by atoms with van der Waals surface area (Å²) in [6.45, 7) is 1.98. The van der Waals surface area contributed by atoms with Crippen molar-refractivity contribution in [1.82, 2.24) is 5.32 Å². The van der Waals surface area contributed by atoms with Crippen LogP contribution in [0.5, 0.6) is 5.75 Å². The first-order valence-electron chi connectivity index (χ1n) is 4.72. The molecule has 0 saturated heterocycles. The minimum Gasteiger partial charge on any atom is -0.496 e. The van der Waals surface area contributed by atoms with Gasteiger partial charge in [0.1, 0.15) is 5.75 Å². The number of amides is 1. The molecular formula is C12H15NO2. The Kier molecular flexibility index (Phi) is 3.92. The third-order valence-corrected chi connectivity index (χ3v) is 2.11. The van der Waals surface area contributed by atoms with Gasteiger partial charge in [0.05, 0.1) is 7.11 Å². The highest BCUT2D eigenvalue weighted by Gasteiger charge is 1.98. The number of rotatable bonds is 3. The fourth-order valence-electron chi connectivity index (χ4n) is 1.20. The van der Waals surface area contributed by atoms with Gasteiger partial charge in [0.15, 0.2) is 0 Å². The maximum Gasteiger partial charge on any atom is 0.243 e. The lowest BCUT2D eigenvalue weighted by molar-refractivity contribution is -0.115. The van der Waals surface area contributed by atoms with Gasteiger partial charge < -0.3 is 10.1 Å². The molecule has 15 heavy (non-hydrogen) atoms. The Labute approximate surface area is 89.8 Å². The molecule has 0 radical (unpaired) electrons. The molecular weight excluding hydrogens is 190 g/mol. The van der Waals surface area contributed by atoms with Crippen LogP contribution in [-0.2, 0) is 4.79 Å². The molecule has 3 nitrogen and oxygen atoms in total. The standard InChI is InChI=1S/C12H15NO2/c1-9-4-5-10(8-11(9)15-3)6-7-12(14)13-2/h4-8H,1-3H3,(H,13,14). The Hall–Kier alpha value is -1.77. The average Bonchev–Trinajstić information content (AvgIpc) is 2.27. The Balaban J connectivity index is 2.87. The first-order valence-corrected chi connectivity index (χ1v) is 4.72. The molecule has 0 atom stereocenters. The molecule has 0 fully saturated rings. The third-order valence-electron chi connectivity index (χ3n) is 2.11. The van der Waals surface area contributed by atoms with E-state index in [1.807, 2.05) is 25.1 Å². The smallest absolute Gasteiger partial charge is 0.243 e. The lowest BCUT2D eigenvalue weighted by atomic mass is 10.1. The largest absolute Gasteiger partial charge is 0.496 e. The van der Waals surface area contributed by atoms with Gasteiger partial charge in [0.2, 0.25) is 5.91 Å². The lowest BCUT2D eigenvalue weighted by Gasteiger charge is -2.04. The van der Waals surface area contributed by atoms with Crippen molar-refractivity contribution in [2.45, 2.75) is 6.92 Å². The Morgan fingerprint density at radius 2 is 2.20 bits per heavy atom. The molecule has 1 aromatic rings. The highest BCUT2D eigenvalue weighted by Crippen LogP contribution is 2.19. The van der Waals surface area contributed by atoms with Crippen LogP contribution in [0.1, 0.15) is 11.1 Å². The summed E-state index contributed by atoms with van der Waals surface area (Å²) in [4.78, 5) is 11.0. The summed E-state index contributed by atoms with van der Waals surface area (Å²) in [5.41, 5.74) is 2.02. The number of carbonyl (C=O) groups excluding carboxylic acids is 1. The van der Waals surface area contributed by atoms with E-state index in [1.165, 1.54) is 6.08 Å². The third kappa shape index (κ3) is 3.13. The minimum absolute atomic E-state index is 0.116. The maximum absolute atomic E-state index is 11.0. The van der Waals surface area contributed by atoms with E-state index in [4.69, 9.17) is 4.74 Å². The van der Waals surface area contributed by atoms with Gasteiger partial charge in [-0.15, -0.1) is 0 Å². The van der Waals surface area contributed by atoms with Crippen molar-refractivity contribution in [2.24, 2.45) is 0 Å². The summed E-state index contributed by atoms with van der Waals surface area (Å²) in [5.74, 6) is 0.712. The molecule has 0 heterocycles. The number of hydrogen-bond donors (Lipinski definition) is 1. The van der Waals surface area contributed by atoms with Crippen molar-refractivity contribution in [3.63, 3.8) is 0 Å². The van der Waals surface area contributed by atoms with Crippen molar-refractivity contribution < 1.29 is 9.53 Å². The van der Waals surface area contributed by atoms with Crippen LogP contribution in [0.25, 0.3) is 6.08 Å². The van der Waals surface area contributed by atoms with E-state index in [9.17, 15) is 4.79 Å². The normalized spacial score (nSPS) is 10.3. The number of benzene rings is 1. The van der Waals surface area contributed by atoms with Crippen molar-refractivity contribution in [2.75, 3.05) is 14.2 Å². The Morgan fingerprint density at radius 3 is 2.80 bits per heavy atom. The van der Waals surface area contributed by atoms with Crippen LogP contribution in [0.2, 0.25) is 0 Å². The van der Waals surface area contributed by atoms with Crippen LogP contribution >= 0.6 is 0 Å². The molecule has 0 aromatic heterocycles. The molecule has 0 saturated carbocycles. The topological polar surface area (TPSA) is 38.3 Å². The summed E-state index contributed by atoms with van der Waals surface area (Å²) >= 11 is 0. The molecule has 3 heteroatoms. The second kappa shape index (κ2) is 5.20. The number of nitrogens with one attached hydrogen (secondary N) is 1. The van der Waals surface area contributed by atoms with Gasteiger partial charge >= 0.3 is 0 Å². The first kappa shape index (κ1) is 11.3. The van der Waals surface area contributed by atoms with Gasteiger partial charge in [-0.25, -0.2) is 0 Å². The van der Waals surface area contributed by atoms with E-state index in [1.54, 1.807) is 20.2 Å². The molecule has 1 amide bonds. The van der Waals surface area contributed by atoms with Crippen molar-refractivity contribution >= 4 is 12.0 Å². The second-order valence-electron chi connectivity index (χ2n) is 3.18. The zero-order chi connectivity index (χ0) is 11.3.